The van der Waals surface area contributed by atoms with E-state index in [4.69, 9.17) is 0 Å². The van der Waals surface area contributed by atoms with Gasteiger partial charge in [0.05, 0.1) is 11.6 Å². The van der Waals surface area contributed by atoms with E-state index in [2.05, 4.69) is 25.3 Å². The molecule has 164 valence electrons. The number of alkyl halides is 2. The number of hydrogen-bond donors (Lipinski definition) is 1. The van der Waals surface area contributed by atoms with Gasteiger partial charge in [0.1, 0.15) is 11.5 Å². The van der Waals surface area contributed by atoms with Crippen LogP contribution in [0.1, 0.15) is 40.9 Å². The summed E-state index contributed by atoms with van der Waals surface area (Å²) in [4.78, 5) is 32.7. The number of aryl methyl sites for hydroxylation is 1. The Labute approximate surface area is 183 Å². The lowest BCUT2D eigenvalue weighted by atomic mass is 10.0. The topological polar surface area (TPSA) is 83.9 Å². The van der Waals surface area contributed by atoms with Crippen LogP contribution in [0.15, 0.2) is 48.9 Å². The van der Waals surface area contributed by atoms with Crippen LogP contribution in [0.3, 0.4) is 0 Å². The molecule has 1 saturated carbocycles. The molecule has 3 aromatic heterocycles. The Balaban J connectivity index is 1.38. The van der Waals surface area contributed by atoms with Crippen LogP contribution in [0.4, 0.5) is 14.6 Å². The minimum Gasteiger partial charge on any atom is -0.365 e. The summed E-state index contributed by atoms with van der Waals surface area (Å²) in [6, 6.07) is 8.27. The number of hydrogen-bond acceptors (Lipinski definition) is 6. The van der Waals surface area contributed by atoms with E-state index in [1.165, 1.54) is 12.3 Å². The van der Waals surface area contributed by atoms with Gasteiger partial charge in [0.15, 0.2) is 5.82 Å². The van der Waals surface area contributed by atoms with E-state index >= 15 is 0 Å². The summed E-state index contributed by atoms with van der Waals surface area (Å²) in [7, 11) is 0. The van der Waals surface area contributed by atoms with Gasteiger partial charge in [0, 0.05) is 42.4 Å². The van der Waals surface area contributed by atoms with E-state index < -0.39 is 6.43 Å². The van der Waals surface area contributed by atoms with Gasteiger partial charge in [-0.15, -0.1) is 0 Å². The Morgan fingerprint density at radius 2 is 1.94 bits per heavy atom. The van der Waals surface area contributed by atoms with Gasteiger partial charge < -0.3 is 10.2 Å². The van der Waals surface area contributed by atoms with E-state index in [0.29, 0.717) is 35.4 Å². The van der Waals surface area contributed by atoms with Crippen molar-refractivity contribution in [2.24, 2.45) is 5.92 Å². The van der Waals surface area contributed by atoms with E-state index in [1.54, 1.807) is 30.6 Å². The first-order valence-electron chi connectivity index (χ1n) is 10.6. The fourth-order valence-corrected chi connectivity index (χ4v) is 4.70. The molecule has 2 fully saturated rings. The fourth-order valence-electron chi connectivity index (χ4n) is 4.70. The SMILES string of the molecule is Cc1ccc(C(=O)N2C[C@@H]3C[C@@H](Nc4ccc(C(F)F)cn4)[C@@H]2C3)c(-c2ncccn2)n1. The molecule has 1 aliphatic heterocycles. The van der Waals surface area contributed by atoms with Gasteiger partial charge in [0.25, 0.3) is 12.3 Å². The smallest absolute Gasteiger partial charge is 0.265 e. The Morgan fingerprint density at radius 3 is 2.62 bits per heavy atom. The van der Waals surface area contributed by atoms with Gasteiger partial charge in [0.2, 0.25) is 0 Å². The first-order chi connectivity index (χ1) is 15.5. The number of anilines is 1. The van der Waals surface area contributed by atoms with Crippen molar-refractivity contribution in [1.82, 2.24) is 24.8 Å². The molecule has 9 heteroatoms. The monoisotopic (exact) mass is 436 g/mol. The van der Waals surface area contributed by atoms with Gasteiger partial charge in [-0.25, -0.2) is 28.7 Å². The zero-order valence-electron chi connectivity index (χ0n) is 17.4. The van der Waals surface area contributed by atoms with Crippen molar-refractivity contribution in [3.05, 3.63) is 65.7 Å². The highest BCUT2D eigenvalue weighted by Gasteiger charge is 2.47. The van der Waals surface area contributed by atoms with Crippen molar-refractivity contribution >= 4 is 11.7 Å². The maximum Gasteiger partial charge on any atom is 0.265 e. The van der Waals surface area contributed by atoms with Crippen LogP contribution in [0, 0.1) is 12.8 Å². The highest BCUT2D eigenvalue weighted by molar-refractivity contribution is 5.99. The predicted molar refractivity (Wildman–Crippen MR) is 114 cm³/mol. The van der Waals surface area contributed by atoms with Crippen LogP contribution < -0.4 is 5.32 Å². The van der Waals surface area contributed by atoms with Crippen molar-refractivity contribution in [2.45, 2.75) is 38.3 Å². The highest BCUT2D eigenvalue weighted by atomic mass is 19.3. The summed E-state index contributed by atoms with van der Waals surface area (Å²) in [6.45, 7) is 2.55. The molecule has 0 aromatic carbocycles. The van der Waals surface area contributed by atoms with Crippen LogP contribution in [-0.2, 0) is 0 Å². The number of nitrogens with one attached hydrogen (secondary N) is 1. The third kappa shape index (κ3) is 3.79. The van der Waals surface area contributed by atoms with Crippen LogP contribution in [-0.4, -0.2) is 49.4 Å². The number of carbonyl (C=O) groups is 1. The van der Waals surface area contributed by atoms with Crippen molar-refractivity contribution in [3.63, 3.8) is 0 Å². The van der Waals surface area contributed by atoms with Crippen molar-refractivity contribution in [1.29, 1.82) is 0 Å². The van der Waals surface area contributed by atoms with E-state index in [9.17, 15) is 13.6 Å². The van der Waals surface area contributed by atoms with Gasteiger partial charge >= 0.3 is 0 Å². The molecule has 2 aliphatic rings. The van der Waals surface area contributed by atoms with E-state index in [1.807, 2.05) is 17.9 Å². The van der Waals surface area contributed by atoms with Crippen LogP contribution in [0.5, 0.6) is 0 Å². The zero-order valence-corrected chi connectivity index (χ0v) is 17.4. The number of amides is 1. The highest BCUT2D eigenvalue weighted by Crippen LogP contribution is 2.40. The maximum absolute atomic E-state index is 13.6. The number of carbonyl (C=O) groups excluding carboxylic acids is 1. The normalized spacial score (nSPS) is 21.9. The molecule has 1 aliphatic carbocycles. The molecule has 0 radical (unpaired) electrons. The van der Waals surface area contributed by atoms with Gasteiger partial charge in [-0.2, -0.15) is 0 Å². The average Bonchev–Trinajstić information content (AvgIpc) is 3.40. The lowest BCUT2D eigenvalue weighted by Gasteiger charge is -2.34. The number of piperidine rings is 1. The molecule has 2 bridgehead atoms. The lowest BCUT2D eigenvalue weighted by Crippen LogP contribution is -2.48. The molecule has 5 rings (SSSR count). The van der Waals surface area contributed by atoms with Gasteiger partial charge in [-0.05, 0) is 56.0 Å². The van der Waals surface area contributed by atoms with Gasteiger partial charge in [-0.3, -0.25) is 4.79 Å². The predicted octanol–water partition coefficient (Wildman–Crippen LogP) is 3.89. The zero-order chi connectivity index (χ0) is 22.2. The minimum atomic E-state index is -2.54. The summed E-state index contributed by atoms with van der Waals surface area (Å²) in [6.07, 6.45) is 3.71. The number of aromatic nitrogens is 4. The molecule has 1 saturated heterocycles. The maximum atomic E-state index is 13.6. The number of likely N-dealkylation sites (tertiary alicyclic amines) is 1. The number of halogens is 2. The molecule has 3 atom stereocenters. The molecular weight excluding hydrogens is 414 g/mol. The fraction of sp³-hybridized carbons (Fsp3) is 0.348. The van der Waals surface area contributed by atoms with Crippen LogP contribution in [0.25, 0.3) is 11.5 Å². The van der Waals surface area contributed by atoms with Crippen molar-refractivity contribution in [2.75, 3.05) is 11.9 Å². The van der Waals surface area contributed by atoms with E-state index in [0.717, 1.165) is 18.5 Å². The Hall–Kier alpha value is -3.49. The Bertz CT molecular complexity index is 1130. The molecular formula is C23H22F2N6O. The molecule has 1 amide bonds. The largest absolute Gasteiger partial charge is 0.365 e. The second-order valence-corrected chi connectivity index (χ2v) is 8.31. The van der Waals surface area contributed by atoms with Crippen molar-refractivity contribution < 1.29 is 13.6 Å². The molecule has 7 nitrogen and oxygen atoms in total. The third-order valence-electron chi connectivity index (χ3n) is 6.16. The average molecular weight is 436 g/mol. The Morgan fingerprint density at radius 1 is 1.12 bits per heavy atom. The van der Waals surface area contributed by atoms with Crippen LogP contribution >= 0.6 is 0 Å². The van der Waals surface area contributed by atoms with Crippen LogP contribution in [0.2, 0.25) is 0 Å². The number of nitrogens with zero attached hydrogens (tertiary/aromatic N) is 5. The third-order valence-corrected chi connectivity index (χ3v) is 6.16. The molecule has 4 heterocycles. The second-order valence-electron chi connectivity index (χ2n) is 8.31. The number of fused-ring (bicyclic) bond motifs is 2. The molecule has 0 spiro atoms. The first kappa shape index (κ1) is 20.4. The molecule has 1 N–H and O–H groups in total. The summed E-state index contributed by atoms with van der Waals surface area (Å²) in [5.74, 6) is 1.24. The second kappa shape index (κ2) is 8.22. The standard InChI is InChI=1S/C23H22F2N6O/c1-13-3-5-16(20(29-13)22-26-7-2-8-27-22)23(32)31-12-14-9-17(18(31)10-14)30-19-6-4-15(11-28-19)21(24)25/h2-8,11,14,17-18,21H,9-10,12H2,1H3,(H,28,30)/t14-,17-,18+/m1/s1. The Kier molecular flexibility index (Phi) is 5.24. The summed E-state index contributed by atoms with van der Waals surface area (Å²) >= 11 is 0. The summed E-state index contributed by atoms with van der Waals surface area (Å²) in [5.41, 5.74) is 1.63. The number of rotatable bonds is 5. The molecule has 3 aromatic rings. The van der Waals surface area contributed by atoms with Gasteiger partial charge in [-0.1, -0.05) is 0 Å². The summed E-state index contributed by atoms with van der Waals surface area (Å²) < 4.78 is 25.6. The molecule has 32 heavy (non-hydrogen) atoms. The summed E-state index contributed by atoms with van der Waals surface area (Å²) in [5, 5.41) is 3.34. The van der Waals surface area contributed by atoms with Crippen molar-refractivity contribution in [3.8, 4) is 11.5 Å². The quantitative estimate of drug-likeness (QED) is 0.653. The molecule has 0 unspecified atom stereocenters. The first-order valence-corrected chi connectivity index (χ1v) is 10.6. The lowest BCUT2D eigenvalue weighted by molar-refractivity contribution is 0.0692. The number of pyridine rings is 2. The van der Waals surface area contributed by atoms with E-state index in [-0.39, 0.29) is 23.6 Å². The minimum absolute atomic E-state index is 0.00470.